The van der Waals surface area contributed by atoms with Gasteiger partial charge in [-0.25, -0.2) is 9.67 Å². The standard InChI is InChI=1S/C30H20Cl2FN5O3/c31-18-3-4-24(37-12-26(32)35-36-37)19(9-18)16-6-25-21-10-22(21)29(38(25)27(39)7-16)23-11-20(30(33)34-23)15-2-1-14-8-28(40)41-13-17(14)5-15/h1-7,9,12,21-22,29H,8,10-11,13H2/t21-,22+,29+/m1/s1. The fourth-order valence-corrected chi connectivity index (χ4v) is 6.79. The first-order valence-electron chi connectivity index (χ1n) is 13.2. The molecule has 0 amide bonds. The van der Waals surface area contributed by atoms with Gasteiger partial charge in [0.05, 0.1) is 24.3 Å². The zero-order valence-electron chi connectivity index (χ0n) is 21.4. The monoisotopic (exact) mass is 587 g/mol. The molecule has 1 saturated carbocycles. The van der Waals surface area contributed by atoms with E-state index in [9.17, 15) is 9.59 Å². The number of esters is 1. The van der Waals surface area contributed by atoms with E-state index < -0.39 is 5.95 Å². The molecule has 0 N–H and O–H groups in total. The second kappa shape index (κ2) is 8.96. The van der Waals surface area contributed by atoms with Crippen molar-refractivity contribution in [2.75, 3.05) is 0 Å². The average Bonchev–Trinajstić information content (AvgIpc) is 3.27. The summed E-state index contributed by atoms with van der Waals surface area (Å²) >= 11 is 12.4. The van der Waals surface area contributed by atoms with Gasteiger partial charge in [0, 0.05) is 46.0 Å². The highest BCUT2D eigenvalue weighted by molar-refractivity contribution is 6.31. The number of carbonyl (C=O) groups is 1. The average molecular weight is 588 g/mol. The summed E-state index contributed by atoms with van der Waals surface area (Å²) in [5.41, 5.74) is 6.50. The predicted octanol–water partition coefficient (Wildman–Crippen LogP) is 5.84. The molecule has 1 fully saturated rings. The van der Waals surface area contributed by atoms with Gasteiger partial charge in [0.1, 0.15) is 6.61 Å². The van der Waals surface area contributed by atoms with Crippen LogP contribution in [-0.4, -0.2) is 31.2 Å². The zero-order chi connectivity index (χ0) is 28.0. The molecular formula is C30H20Cl2FN5O3. The van der Waals surface area contributed by atoms with Gasteiger partial charge in [-0.05, 0) is 64.9 Å². The van der Waals surface area contributed by atoms with Gasteiger partial charge in [-0.2, -0.15) is 4.39 Å². The fraction of sp³-hybridized carbons (Fsp3) is 0.233. The minimum absolute atomic E-state index is 0.176. The fourth-order valence-electron chi connectivity index (χ4n) is 6.50. The Morgan fingerprint density at radius 3 is 2.68 bits per heavy atom. The van der Waals surface area contributed by atoms with Crippen LogP contribution in [0.3, 0.4) is 0 Å². The summed E-state index contributed by atoms with van der Waals surface area (Å²) in [4.78, 5) is 29.6. The number of rotatable bonds is 4. The van der Waals surface area contributed by atoms with Crippen molar-refractivity contribution in [2.24, 2.45) is 10.9 Å². The topological polar surface area (TPSA) is 91.4 Å². The van der Waals surface area contributed by atoms with Crippen LogP contribution in [0.2, 0.25) is 10.2 Å². The van der Waals surface area contributed by atoms with Crippen molar-refractivity contribution in [1.82, 2.24) is 19.6 Å². The molecule has 4 aromatic rings. The van der Waals surface area contributed by atoms with Gasteiger partial charge in [-0.1, -0.05) is 40.5 Å². The van der Waals surface area contributed by atoms with Crippen LogP contribution in [0.25, 0.3) is 22.4 Å². The summed E-state index contributed by atoms with van der Waals surface area (Å²) in [6, 6.07) is 14.2. The SMILES string of the molecule is O=C1Cc2ccc(C3=C(F)N=C([C@@H]4[C@H]5C[C@H]5c5cc(-c6cc(Cl)ccc6-n6cc(Cl)nn6)cc(=O)n54)C3)cc2CO1. The molecule has 8 rings (SSSR count). The summed E-state index contributed by atoms with van der Waals surface area (Å²) in [5, 5.41) is 8.72. The van der Waals surface area contributed by atoms with Crippen LogP contribution in [0, 0.1) is 5.92 Å². The number of benzene rings is 2. The van der Waals surface area contributed by atoms with Crippen LogP contribution < -0.4 is 5.56 Å². The van der Waals surface area contributed by atoms with Gasteiger partial charge in [0.2, 0.25) is 5.95 Å². The maximum Gasteiger partial charge on any atom is 0.310 e. The van der Waals surface area contributed by atoms with E-state index >= 15 is 4.39 Å². The van der Waals surface area contributed by atoms with E-state index in [1.165, 1.54) is 0 Å². The molecule has 8 nitrogen and oxygen atoms in total. The van der Waals surface area contributed by atoms with Crippen molar-refractivity contribution in [2.45, 2.75) is 37.8 Å². The van der Waals surface area contributed by atoms with Crippen LogP contribution in [-0.2, 0) is 22.6 Å². The number of hydrogen-bond acceptors (Lipinski definition) is 6. The van der Waals surface area contributed by atoms with Crippen LogP contribution >= 0.6 is 23.2 Å². The zero-order valence-corrected chi connectivity index (χ0v) is 22.9. The molecule has 3 aliphatic heterocycles. The van der Waals surface area contributed by atoms with E-state index in [0.29, 0.717) is 39.5 Å². The lowest BCUT2D eigenvalue weighted by Gasteiger charge is -2.20. The van der Waals surface area contributed by atoms with E-state index in [2.05, 4.69) is 15.3 Å². The summed E-state index contributed by atoms with van der Waals surface area (Å²) < 4.78 is 23.8. The quantitative estimate of drug-likeness (QED) is 0.221. The Balaban J connectivity index is 1.13. The molecule has 204 valence electrons. The molecule has 11 heteroatoms. The van der Waals surface area contributed by atoms with Gasteiger partial charge >= 0.3 is 5.97 Å². The van der Waals surface area contributed by atoms with Crippen molar-refractivity contribution in [3.63, 3.8) is 0 Å². The molecule has 41 heavy (non-hydrogen) atoms. The molecule has 2 aromatic heterocycles. The van der Waals surface area contributed by atoms with Crippen molar-refractivity contribution in [1.29, 1.82) is 0 Å². The third-order valence-corrected chi connectivity index (χ3v) is 8.86. The summed E-state index contributed by atoms with van der Waals surface area (Å²) in [7, 11) is 0. The number of aliphatic imine (C=N–C) groups is 1. The molecule has 5 heterocycles. The van der Waals surface area contributed by atoms with Crippen molar-refractivity contribution in [3.8, 4) is 16.8 Å². The molecule has 0 saturated heterocycles. The Bertz CT molecular complexity index is 1940. The number of cyclic esters (lactones) is 1. The first-order valence-corrected chi connectivity index (χ1v) is 14.0. The lowest BCUT2D eigenvalue weighted by atomic mass is 9.93. The number of hydrogen-bond donors (Lipinski definition) is 0. The van der Waals surface area contributed by atoms with Gasteiger partial charge in [0.15, 0.2) is 5.15 Å². The Kier molecular flexibility index (Phi) is 5.40. The smallest absolute Gasteiger partial charge is 0.310 e. The van der Waals surface area contributed by atoms with Crippen molar-refractivity contribution < 1.29 is 13.9 Å². The Hall–Kier alpha value is -4.08. The highest BCUT2D eigenvalue weighted by Gasteiger charge is 2.55. The Labute approximate surface area is 242 Å². The first-order chi connectivity index (χ1) is 19.8. The number of carbonyl (C=O) groups excluding carboxylic acids is 1. The van der Waals surface area contributed by atoms with E-state index in [1.54, 1.807) is 33.6 Å². The van der Waals surface area contributed by atoms with Crippen molar-refractivity contribution in [3.05, 3.63) is 104 Å². The maximum absolute atomic E-state index is 15.3. The molecule has 0 unspecified atom stereocenters. The summed E-state index contributed by atoms with van der Waals surface area (Å²) in [6.07, 6.45) is 3.04. The largest absolute Gasteiger partial charge is 0.461 e. The van der Waals surface area contributed by atoms with Crippen LogP contribution in [0.4, 0.5) is 4.39 Å². The first kappa shape index (κ1) is 24.7. The highest BCUT2D eigenvalue weighted by Crippen LogP contribution is 2.60. The summed E-state index contributed by atoms with van der Waals surface area (Å²) in [6.45, 7) is 0.181. The normalized spacial score (nSPS) is 22.3. The number of halogens is 3. The number of nitrogens with zero attached hydrogens (tertiary/aromatic N) is 5. The third-order valence-electron chi connectivity index (χ3n) is 8.45. The van der Waals surface area contributed by atoms with E-state index in [1.807, 2.05) is 30.3 Å². The number of aromatic nitrogens is 4. The van der Waals surface area contributed by atoms with E-state index in [-0.39, 0.29) is 47.6 Å². The molecule has 1 aliphatic carbocycles. The summed E-state index contributed by atoms with van der Waals surface area (Å²) in [5.74, 6) is -0.397. The van der Waals surface area contributed by atoms with Gasteiger partial charge in [0.25, 0.3) is 5.56 Å². The number of fused-ring (bicyclic) bond motifs is 4. The van der Waals surface area contributed by atoms with E-state index in [0.717, 1.165) is 28.8 Å². The Morgan fingerprint density at radius 1 is 0.976 bits per heavy atom. The second-order valence-corrected chi connectivity index (χ2v) is 11.7. The predicted molar refractivity (Wildman–Crippen MR) is 151 cm³/mol. The molecule has 3 atom stereocenters. The van der Waals surface area contributed by atoms with Gasteiger partial charge < -0.3 is 9.30 Å². The Morgan fingerprint density at radius 2 is 1.85 bits per heavy atom. The van der Waals surface area contributed by atoms with Crippen LogP contribution in [0.1, 0.15) is 47.2 Å². The lowest BCUT2D eigenvalue weighted by molar-refractivity contribution is -0.145. The second-order valence-electron chi connectivity index (χ2n) is 10.8. The highest BCUT2D eigenvalue weighted by atomic mass is 35.5. The molecule has 0 spiro atoms. The molecule has 4 aliphatic rings. The third kappa shape index (κ3) is 3.98. The van der Waals surface area contributed by atoms with Crippen LogP contribution in [0.5, 0.6) is 0 Å². The van der Waals surface area contributed by atoms with Gasteiger partial charge in [-0.15, -0.1) is 5.10 Å². The molecule has 0 radical (unpaired) electrons. The van der Waals surface area contributed by atoms with Crippen molar-refractivity contribution >= 4 is 40.5 Å². The minimum atomic E-state index is -0.530. The number of ether oxygens (including phenoxy) is 1. The van der Waals surface area contributed by atoms with Crippen LogP contribution in [0.15, 0.2) is 70.5 Å². The van der Waals surface area contributed by atoms with Gasteiger partial charge in [-0.3, -0.25) is 9.59 Å². The molecular weight excluding hydrogens is 568 g/mol. The molecule has 2 aromatic carbocycles. The maximum atomic E-state index is 15.3. The number of pyridine rings is 1. The number of allylic oxidation sites excluding steroid dienone is 1. The van der Waals surface area contributed by atoms with E-state index in [4.69, 9.17) is 27.9 Å². The molecule has 0 bridgehead atoms. The lowest BCUT2D eigenvalue weighted by Crippen LogP contribution is -2.29. The minimum Gasteiger partial charge on any atom is -0.461 e.